The highest BCUT2D eigenvalue weighted by Gasteiger charge is 2.27. The van der Waals surface area contributed by atoms with Gasteiger partial charge in [0.25, 0.3) is 5.69 Å². The Labute approximate surface area is 161 Å². The van der Waals surface area contributed by atoms with Gasteiger partial charge in [0.15, 0.2) is 5.70 Å². The summed E-state index contributed by atoms with van der Waals surface area (Å²) in [5.41, 5.74) is 0.743. The third-order valence-corrected chi connectivity index (χ3v) is 4.44. The van der Waals surface area contributed by atoms with Crippen molar-refractivity contribution < 1.29 is 19.2 Å². The number of hydrogen-bond donors (Lipinski definition) is 0. The zero-order valence-electron chi connectivity index (χ0n) is 13.2. The number of methoxy groups -OCH3 is 1. The monoisotopic (exact) mass is 436 g/mol. The summed E-state index contributed by atoms with van der Waals surface area (Å²) >= 11 is 9.42. The van der Waals surface area contributed by atoms with Gasteiger partial charge in [0.05, 0.1) is 27.1 Å². The van der Waals surface area contributed by atoms with Crippen LogP contribution in [-0.2, 0) is 9.53 Å². The minimum atomic E-state index is -0.672. The molecule has 1 aliphatic rings. The SMILES string of the molecule is COc1ccc(C=C2N=C(c3cc([N+](=O)[O-])ccc3Cl)OC2=O)cc1Br. The summed E-state index contributed by atoms with van der Waals surface area (Å²) in [4.78, 5) is 26.6. The van der Waals surface area contributed by atoms with E-state index in [2.05, 4.69) is 20.9 Å². The molecule has 132 valence electrons. The number of rotatable bonds is 4. The van der Waals surface area contributed by atoms with Gasteiger partial charge >= 0.3 is 5.97 Å². The maximum Gasteiger partial charge on any atom is 0.363 e. The highest BCUT2D eigenvalue weighted by atomic mass is 79.9. The van der Waals surface area contributed by atoms with Crippen LogP contribution in [0.4, 0.5) is 5.69 Å². The van der Waals surface area contributed by atoms with E-state index >= 15 is 0 Å². The number of aliphatic imine (C=N–C) groups is 1. The molecule has 2 aromatic rings. The molecule has 1 aliphatic heterocycles. The summed E-state index contributed by atoms with van der Waals surface area (Å²) in [6.07, 6.45) is 1.53. The summed E-state index contributed by atoms with van der Waals surface area (Å²) in [6, 6.07) is 9.06. The molecule has 26 heavy (non-hydrogen) atoms. The van der Waals surface area contributed by atoms with Crippen LogP contribution in [0.1, 0.15) is 11.1 Å². The molecule has 0 aromatic heterocycles. The molecular weight excluding hydrogens is 428 g/mol. The van der Waals surface area contributed by atoms with Gasteiger partial charge in [-0.1, -0.05) is 17.7 Å². The van der Waals surface area contributed by atoms with Crippen LogP contribution >= 0.6 is 27.5 Å². The molecule has 9 heteroatoms. The number of nitro benzene ring substituents is 1. The zero-order valence-corrected chi connectivity index (χ0v) is 15.6. The van der Waals surface area contributed by atoms with E-state index < -0.39 is 10.9 Å². The lowest BCUT2D eigenvalue weighted by Crippen LogP contribution is -2.06. The lowest BCUT2D eigenvalue weighted by atomic mass is 10.2. The summed E-state index contributed by atoms with van der Waals surface area (Å²) < 4.78 is 11.0. The Morgan fingerprint density at radius 3 is 2.73 bits per heavy atom. The van der Waals surface area contributed by atoms with E-state index in [4.69, 9.17) is 21.1 Å². The number of non-ortho nitro benzene ring substituents is 1. The first-order chi connectivity index (χ1) is 12.4. The van der Waals surface area contributed by atoms with Crippen LogP contribution in [-0.4, -0.2) is 23.9 Å². The Bertz CT molecular complexity index is 987. The number of benzene rings is 2. The Balaban J connectivity index is 1.98. The van der Waals surface area contributed by atoms with Crippen molar-refractivity contribution in [2.75, 3.05) is 7.11 Å². The first kappa shape index (κ1) is 18.1. The average Bonchev–Trinajstić information content (AvgIpc) is 2.95. The van der Waals surface area contributed by atoms with Crippen molar-refractivity contribution in [3.05, 3.63) is 72.8 Å². The van der Waals surface area contributed by atoms with Gasteiger partial charge in [0, 0.05) is 12.1 Å². The van der Waals surface area contributed by atoms with E-state index in [-0.39, 0.29) is 27.9 Å². The van der Waals surface area contributed by atoms with Crippen molar-refractivity contribution in [3.8, 4) is 5.75 Å². The molecule has 0 fully saturated rings. The van der Waals surface area contributed by atoms with E-state index in [9.17, 15) is 14.9 Å². The van der Waals surface area contributed by atoms with Crippen molar-refractivity contribution >= 4 is 51.2 Å². The zero-order chi connectivity index (χ0) is 18.8. The van der Waals surface area contributed by atoms with Crippen LogP contribution in [0.5, 0.6) is 5.75 Å². The average molecular weight is 438 g/mol. The fourth-order valence-corrected chi connectivity index (χ4v) is 3.00. The predicted molar refractivity (Wildman–Crippen MR) is 99.4 cm³/mol. The minimum Gasteiger partial charge on any atom is -0.496 e. The number of esters is 1. The smallest absolute Gasteiger partial charge is 0.363 e. The summed E-state index contributed by atoms with van der Waals surface area (Å²) in [5, 5.41) is 11.1. The van der Waals surface area contributed by atoms with Crippen LogP contribution in [0.2, 0.25) is 5.02 Å². The lowest BCUT2D eigenvalue weighted by molar-refractivity contribution is -0.384. The Kier molecular flexibility index (Phi) is 5.06. The lowest BCUT2D eigenvalue weighted by Gasteiger charge is -2.03. The summed E-state index contributed by atoms with van der Waals surface area (Å²) in [6.45, 7) is 0. The molecule has 0 radical (unpaired) electrons. The Morgan fingerprint density at radius 1 is 1.31 bits per heavy atom. The second-order valence-corrected chi connectivity index (χ2v) is 6.41. The van der Waals surface area contributed by atoms with Gasteiger partial charge in [-0.05, 0) is 45.8 Å². The van der Waals surface area contributed by atoms with Crippen LogP contribution in [0.25, 0.3) is 6.08 Å². The number of ether oxygens (including phenoxy) is 2. The van der Waals surface area contributed by atoms with Crippen LogP contribution in [0.3, 0.4) is 0 Å². The van der Waals surface area contributed by atoms with Crippen LogP contribution in [0, 0.1) is 10.1 Å². The number of carbonyl (C=O) groups is 1. The van der Waals surface area contributed by atoms with E-state index in [1.165, 1.54) is 24.3 Å². The molecule has 0 spiro atoms. The van der Waals surface area contributed by atoms with Crippen molar-refractivity contribution in [2.45, 2.75) is 0 Å². The third-order valence-electron chi connectivity index (χ3n) is 3.49. The topological polar surface area (TPSA) is 91.0 Å². The number of carbonyl (C=O) groups excluding carboxylic acids is 1. The van der Waals surface area contributed by atoms with Gasteiger partial charge in [-0.2, -0.15) is 0 Å². The van der Waals surface area contributed by atoms with Gasteiger partial charge in [0.2, 0.25) is 5.90 Å². The normalized spacial score (nSPS) is 15.0. The quantitative estimate of drug-likeness (QED) is 0.307. The first-order valence-electron chi connectivity index (χ1n) is 7.19. The number of cyclic esters (lactones) is 1. The summed E-state index contributed by atoms with van der Waals surface area (Å²) in [5.74, 6) is -0.106. The third kappa shape index (κ3) is 3.61. The van der Waals surface area contributed by atoms with Crippen LogP contribution in [0.15, 0.2) is 51.6 Å². The molecule has 0 saturated carbocycles. The molecule has 3 rings (SSSR count). The highest BCUT2D eigenvalue weighted by Crippen LogP contribution is 2.29. The molecule has 0 saturated heterocycles. The highest BCUT2D eigenvalue weighted by molar-refractivity contribution is 9.10. The molecule has 0 amide bonds. The van der Waals surface area contributed by atoms with Crippen molar-refractivity contribution in [1.29, 1.82) is 0 Å². The molecule has 7 nitrogen and oxygen atoms in total. The molecule has 0 aliphatic carbocycles. The predicted octanol–water partition coefficient (Wildman–Crippen LogP) is 4.36. The van der Waals surface area contributed by atoms with Gasteiger partial charge in [-0.25, -0.2) is 9.79 Å². The Hall–Kier alpha value is -2.71. The van der Waals surface area contributed by atoms with Crippen molar-refractivity contribution in [3.63, 3.8) is 0 Å². The van der Waals surface area contributed by atoms with E-state index in [0.717, 1.165) is 0 Å². The molecule has 1 heterocycles. The summed E-state index contributed by atoms with van der Waals surface area (Å²) in [7, 11) is 1.55. The van der Waals surface area contributed by atoms with Crippen LogP contribution < -0.4 is 4.74 Å². The fourth-order valence-electron chi connectivity index (χ4n) is 2.25. The maximum absolute atomic E-state index is 12.1. The molecule has 2 aromatic carbocycles. The number of hydrogen-bond acceptors (Lipinski definition) is 6. The van der Waals surface area contributed by atoms with Crippen molar-refractivity contribution in [1.82, 2.24) is 0 Å². The van der Waals surface area contributed by atoms with Gasteiger partial charge in [-0.3, -0.25) is 10.1 Å². The Morgan fingerprint density at radius 2 is 2.08 bits per heavy atom. The molecule has 0 bridgehead atoms. The first-order valence-corrected chi connectivity index (χ1v) is 8.36. The van der Waals surface area contributed by atoms with Gasteiger partial charge < -0.3 is 9.47 Å². The standard InChI is InChI=1S/C17H10BrClN2O5/c1-25-15-5-2-9(6-12(15)18)7-14-17(22)26-16(20-14)11-8-10(21(23)24)3-4-13(11)19/h2-8H,1H3. The number of halogens is 2. The minimum absolute atomic E-state index is 0.0552. The van der Waals surface area contributed by atoms with Crippen molar-refractivity contribution in [2.24, 2.45) is 4.99 Å². The number of nitrogens with zero attached hydrogens (tertiary/aromatic N) is 2. The largest absolute Gasteiger partial charge is 0.496 e. The molecule has 0 unspecified atom stereocenters. The van der Waals surface area contributed by atoms with Gasteiger partial charge in [-0.15, -0.1) is 0 Å². The fraction of sp³-hybridized carbons (Fsp3) is 0.0588. The second kappa shape index (κ2) is 7.27. The van der Waals surface area contributed by atoms with E-state index in [1.54, 1.807) is 25.3 Å². The molecule has 0 atom stereocenters. The second-order valence-electron chi connectivity index (χ2n) is 5.15. The van der Waals surface area contributed by atoms with E-state index in [1.807, 2.05) is 0 Å². The molecule has 0 N–H and O–H groups in total. The van der Waals surface area contributed by atoms with E-state index in [0.29, 0.717) is 15.8 Å². The number of nitro groups is 1. The van der Waals surface area contributed by atoms with Gasteiger partial charge in [0.1, 0.15) is 5.75 Å². The molecular formula is C17H10BrClN2O5. The maximum atomic E-state index is 12.1.